The molecule has 0 radical (unpaired) electrons. The van der Waals surface area contributed by atoms with E-state index in [-0.39, 0.29) is 37.1 Å². The first-order chi connectivity index (χ1) is 17.4. The third-order valence-electron chi connectivity index (χ3n) is 6.54. The number of amidine groups is 1. The second-order valence-electron chi connectivity index (χ2n) is 10.8. The highest BCUT2D eigenvalue weighted by Gasteiger charge is 2.32. The standard InChI is InChI=1S/C28H34N4O5/c1-16(33)30-22-13-19(12-20(28(2,3)4)26(22)37-11-5-6-24(35)36)23(34)15-32-14-18-9-10-21(17-7-8-17)31-25(18)27(32)29/h9-10,12-13,17,29H,5-8,11,14-15H2,1-4H3,(H,30,33)(H,35,36). The molecule has 4 rings (SSSR count). The number of carbonyl (C=O) groups excluding carboxylic acids is 2. The van der Waals surface area contributed by atoms with Gasteiger partial charge in [0, 0.05) is 48.2 Å². The van der Waals surface area contributed by atoms with Crippen molar-refractivity contribution in [1.82, 2.24) is 9.88 Å². The minimum Gasteiger partial charge on any atom is -0.491 e. The molecular formula is C28H34N4O5. The summed E-state index contributed by atoms with van der Waals surface area (Å²) in [6, 6.07) is 7.41. The van der Waals surface area contributed by atoms with Gasteiger partial charge in [0.1, 0.15) is 17.3 Å². The molecule has 1 saturated carbocycles. The van der Waals surface area contributed by atoms with E-state index in [1.165, 1.54) is 6.92 Å². The average Bonchev–Trinajstić information content (AvgIpc) is 3.61. The van der Waals surface area contributed by atoms with Crippen LogP contribution in [0.2, 0.25) is 0 Å². The fourth-order valence-electron chi connectivity index (χ4n) is 4.46. The molecule has 1 fully saturated rings. The molecule has 9 heteroatoms. The van der Waals surface area contributed by atoms with Gasteiger partial charge in [-0.1, -0.05) is 26.8 Å². The number of ether oxygens (including phenoxy) is 1. The van der Waals surface area contributed by atoms with E-state index in [9.17, 15) is 14.4 Å². The van der Waals surface area contributed by atoms with Gasteiger partial charge in [-0.25, -0.2) is 4.98 Å². The van der Waals surface area contributed by atoms with Crippen molar-refractivity contribution in [2.75, 3.05) is 18.5 Å². The summed E-state index contributed by atoms with van der Waals surface area (Å²) in [7, 11) is 0. The van der Waals surface area contributed by atoms with Crippen molar-refractivity contribution in [3.05, 3.63) is 52.3 Å². The van der Waals surface area contributed by atoms with Gasteiger partial charge in [-0.15, -0.1) is 0 Å². The highest BCUT2D eigenvalue weighted by molar-refractivity contribution is 6.05. The number of hydrogen-bond acceptors (Lipinski definition) is 6. The molecule has 3 N–H and O–H groups in total. The third-order valence-corrected chi connectivity index (χ3v) is 6.54. The molecule has 0 atom stereocenters. The van der Waals surface area contributed by atoms with Crippen LogP contribution in [0.25, 0.3) is 0 Å². The maximum absolute atomic E-state index is 13.5. The van der Waals surface area contributed by atoms with Crippen molar-refractivity contribution in [1.29, 1.82) is 5.41 Å². The molecule has 9 nitrogen and oxygen atoms in total. The second kappa shape index (κ2) is 10.3. The molecule has 0 saturated heterocycles. The number of carboxylic acids is 1. The third kappa shape index (κ3) is 6.15. The number of nitrogens with one attached hydrogen (secondary N) is 2. The Morgan fingerprint density at radius 1 is 1.22 bits per heavy atom. The number of hydrogen-bond donors (Lipinski definition) is 3. The monoisotopic (exact) mass is 506 g/mol. The predicted molar refractivity (Wildman–Crippen MR) is 140 cm³/mol. The Balaban J connectivity index is 1.59. The number of ketones is 1. The summed E-state index contributed by atoms with van der Waals surface area (Å²) in [6.07, 6.45) is 2.55. The number of benzene rings is 1. The van der Waals surface area contributed by atoms with E-state index in [0.29, 0.717) is 41.6 Å². The van der Waals surface area contributed by atoms with E-state index in [1.54, 1.807) is 17.0 Å². The number of aromatic nitrogens is 1. The molecule has 196 valence electrons. The largest absolute Gasteiger partial charge is 0.491 e. The van der Waals surface area contributed by atoms with Crippen LogP contribution < -0.4 is 10.1 Å². The number of anilines is 1. The van der Waals surface area contributed by atoms with Crippen LogP contribution in [-0.2, 0) is 21.5 Å². The molecule has 1 aromatic heterocycles. The number of aliphatic carboxylic acids is 1. The lowest BCUT2D eigenvalue weighted by molar-refractivity contribution is -0.137. The Bertz CT molecular complexity index is 1260. The molecule has 37 heavy (non-hydrogen) atoms. The normalized spacial score (nSPS) is 14.9. The van der Waals surface area contributed by atoms with Crippen LogP contribution >= 0.6 is 0 Å². The van der Waals surface area contributed by atoms with Crippen LogP contribution in [0.3, 0.4) is 0 Å². The SMILES string of the molecule is CC(=O)Nc1cc(C(=O)CN2Cc3ccc(C4CC4)nc3C2=N)cc(C(C)(C)C)c1OCCCC(=O)O. The second-order valence-corrected chi connectivity index (χ2v) is 10.8. The highest BCUT2D eigenvalue weighted by Crippen LogP contribution is 2.40. The summed E-state index contributed by atoms with van der Waals surface area (Å²) in [5.74, 6) is -0.230. The van der Waals surface area contributed by atoms with Crippen molar-refractivity contribution in [2.24, 2.45) is 0 Å². The van der Waals surface area contributed by atoms with Gasteiger partial charge in [0.2, 0.25) is 5.91 Å². The summed E-state index contributed by atoms with van der Waals surface area (Å²) in [5.41, 5.74) is 3.69. The molecule has 0 spiro atoms. The first-order valence-corrected chi connectivity index (χ1v) is 12.6. The number of pyridine rings is 1. The molecule has 2 aliphatic rings. The molecule has 0 bridgehead atoms. The van der Waals surface area contributed by atoms with Crippen LogP contribution in [0.15, 0.2) is 24.3 Å². The summed E-state index contributed by atoms with van der Waals surface area (Å²) in [5, 5.41) is 20.3. The van der Waals surface area contributed by atoms with Gasteiger partial charge < -0.3 is 20.1 Å². The highest BCUT2D eigenvalue weighted by atomic mass is 16.5. The molecule has 2 aromatic rings. The molecule has 1 aromatic carbocycles. The minimum atomic E-state index is -0.906. The van der Waals surface area contributed by atoms with E-state index in [0.717, 1.165) is 29.7 Å². The lowest BCUT2D eigenvalue weighted by atomic mass is 9.84. The first-order valence-electron chi connectivity index (χ1n) is 12.6. The van der Waals surface area contributed by atoms with Crippen LogP contribution in [0.5, 0.6) is 5.75 Å². The van der Waals surface area contributed by atoms with Crippen LogP contribution in [0.4, 0.5) is 5.69 Å². The number of rotatable bonds is 10. The number of carbonyl (C=O) groups is 3. The Morgan fingerprint density at radius 2 is 1.95 bits per heavy atom. The molecule has 1 aliphatic carbocycles. The number of Topliss-reactive ketones (excluding diaryl/α,β-unsaturated/α-hetero) is 1. The molecule has 1 amide bonds. The van der Waals surface area contributed by atoms with E-state index in [4.69, 9.17) is 20.2 Å². The van der Waals surface area contributed by atoms with Crippen molar-refractivity contribution in [3.8, 4) is 5.75 Å². The Labute approximate surface area is 216 Å². The predicted octanol–water partition coefficient (Wildman–Crippen LogP) is 4.48. The maximum Gasteiger partial charge on any atom is 0.303 e. The van der Waals surface area contributed by atoms with Crippen LogP contribution in [0.1, 0.15) is 92.2 Å². The quantitative estimate of drug-likeness (QED) is 0.320. The number of amides is 1. The summed E-state index contributed by atoms with van der Waals surface area (Å²) >= 11 is 0. The zero-order valence-electron chi connectivity index (χ0n) is 21.8. The zero-order valence-corrected chi connectivity index (χ0v) is 21.8. The Kier molecular flexibility index (Phi) is 7.34. The van der Waals surface area contributed by atoms with E-state index < -0.39 is 11.4 Å². The topological polar surface area (TPSA) is 133 Å². The lowest BCUT2D eigenvalue weighted by Crippen LogP contribution is -2.31. The van der Waals surface area contributed by atoms with Gasteiger partial charge >= 0.3 is 5.97 Å². The molecule has 0 unspecified atom stereocenters. The van der Waals surface area contributed by atoms with Crippen LogP contribution in [-0.4, -0.2) is 51.6 Å². The molecule has 1 aliphatic heterocycles. The van der Waals surface area contributed by atoms with Gasteiger partial charge in [0.15, 0.2) is 5.78 Å². The van der Waals surface area contributed by atoms with Crippen molar-refractivity contribution < 1.29 is 24.2 Å². The average molecular weight is 507 g/mol. The number of carboxylic acid groups (broad SMARTS) is 1. The van der Waals surface area contributed by atoms with Crippen molar-refractivity contribution in [3.63, 3.8) is 0 Å². The van der Waals surface area contributed by atoms with Crippen molar-refractivity contribution in [2.45, 2.75) is 71.3 Å². The number of fused-ring (bicyclic) bond motifs is 1. The van der Waals surface area contributed by atoms with Gasteiger partial charge in [-0.2, -0.15) is 0 Å². The van der Waals surface area contributed by atoms with Gasteiger partial charge in [-0.3, -0.25) is 19.8 Å². The van der Waals surface area contributed by atoms with E-state index in [1.807, 2.05) is 32.9 Å². The maximum atomic E-state index is 13.5. The summed E-state index contributed by atoms with van der Waals surface area (Å²) in [6.45, 7) is 7.94. The van der Waals surface area contributed by atoms with Crippen LogP contribution in [0, 0.1) is 5.41 Å². The van der Waals surface area contributed by atoms with Gasteiger partial charge in [-0.05, 0) is 42.9 Å². The first kappa shape index (κ1) is 26.3. The van der Waals surface area contributed by atoms with E-state index >= 15 is 0 Å². The Morgan fingerprint density at radius 3 is 2.57 bits per heavy atom. The van der Waals surface area contributed by atoms with Gasteiger partial charge in [0.25, 0.3) is 0 Å². The lowest BCUT2D eigenvalue weighted by Gasteiger charge is -2.26. The zero-order chi connectivity index (χ0) is 26.9. The van der Waals surface area contributed by atoms with E-state index in [2.05, 4.69) is 5.32 Å². The minimum absolute atomic E-state index is 0.00979. The summed E-state index contributed by atoms with van der Waals surface area (Å²) in [4.78, 5) is 42.8. The molecular weight excluding hydrogens is 472 g/mol. The van der Waals surface area contributed by atoms with Crippen molar-refractivity contribution >= 4 is 29.2 Å². The molecule has 2 heterocycles. The fraction of sp³-hybridized carbons (Fsp3) is 0.464. The number of nitrogens with zero attached hydrogens (tertiary/aromatic N) is 2. The fourth-order valence-corrected chi connectivity index (χ4v) is 4.46. The smallest absolute Gasteiger partial charge is 0.303 e. The summed E-state index contributed by atoms with van der Waals surface area (Å²) < 4.78 is 5.97. The van der Waals surface area contributed by atoms with Gasteiger partial charge in [0.05, 0.1) is 18.8 Å². The Hall–Kier alpha value is -3.75.